The standard InChI is InChI=1S/C23H26N2O4S/c1-15-5-9-19(10-6-15)21-24-22(30(26,27)20-11-7-16(2)8-12-20)23(29-21)25-13-17(3)28-18(4)14-25/h5-12,17-18H,13-14H2,1-4H3/t17-,18-/m1/s1. The first kappa shape index (κ1) is 20.6. The summed E-state index contributed by atoms with van der Waals surface area (Å²) in [5.41, 5.74) is 2.83. The predicted molar refractivity (Wildman–Crippen MR) is 116 cm³/mol. The van der Waals surface area contributed by atoms with Crippen molar-refractivity contribution >= 4 is 15.7 Å². The topological polar surface area (TPSA) is 72.6 Å². The number of morpholine rings is 1. The second-order valence-corrected chi connectivity index (χ2v) is 9.84. The van der Waals surface area contributed by atoms with Gasteiger partial charge in [-0.3, -0.25) is 0 Å². The van der Waals surface area contributed by atoms with Gasteiger partial charge in [0, 0.05) is 18.7 Å². The van der Waals surface area contributed by atoms with E-state index in [2.05, 4.69) is 4.98 Å². The molecule has 1 saturated heterocycles. The van der Waals surface area contributed by atoms with Crippen molar-refractivity contribution in [3.8, 4) is 11.5 Å². The number of sulfone groups is 1. The highest BCUT2D eigenvalue weighted by Gasteiger charge is 2.34. The Balaban J connectivity index is 1.85. The van der Waals surface area contributed by atoms with E-state index in [-0.39, 0.29) is 28.0 Å². The zero-order chi connectivity index (χ0) is 21.5. The number of rotatable bonds is 4. The summed E-state index contributed by atoms with van der Waals surface area (Å²) in [4.78, 5) is 6.59. The average Bonchev–Trinajstić information content (AvgIpc) is 3.14. The zero-order valence-corrected chi connectivity index (χ0v) is 18.4. The first-order valence-corrected chi connectivity index (χ1v) is 11.5. The van der Waals surface area contributed by atoms with Crippen LogP contribution in [0.4, 0.5) is 5.88 Å². The van der Waals surface area contributed by atoms with Gasteiger partial charge in [0.25, 0.3) is 0 Å². The summed E-state index contributed by atoms with van der Waals surface area (Å²) in [5.74, 6) is 0.565. The van der Waals surface area contributed by atoms with Crippen LogP contribution in [0.25, 0.3) is 11.5 Å². The number of hydrogen-bond donors (Lipinski definition) is 0. The minimum atomic E-state index is -3.85. The fourth-order valence-electron chi connectivity index (χ4n) is 3.67. The second kappa shape index (κ2) is 7.89. The van der Waals surface area contributed by atoms with Crippen LogP contribution in [0.1, 0.15) is 25.0 Å². The van der Waals surface area contributed by atoms with Crippen LogP contribution in [-0.4, -0.2) is 38.7 Å². The highest BCUT2D eigenvalue weighted by atomic mass is 32.2. The average molecular weight is 427 g/mol. The molecule has 4 rings (SSSR count). The highest BCUT2D eigenvalue weighted by molar-refractivity contribution is 7.91. The lowest BCUT2D eigenvalue weighted by atomic mass is 10.1. The number of aryl methyl sites for hydroxylation is 2. The van der Waals surface area contributed by atoms with Gasteiger partial charge in [0.2, 0.25) is 26.6 Å². The van der Waals surface area contributed by atoms with E-state index in [1.807, 2.05) is 56.9 Å². The normalized spacial score (nSPS) is 19.8. The molecule has 6 nitrogen and oxygen atoms in total. The third-order valence-corrected chi connectivity index (χ3v) is 6.84. The summed E-state index contributed by atoms with van der Waals surface area (Å²) in [6.45, 7) is 8.91. The maximum atomic E-state index is 13.5. The maximum Gasteiger partial charge on any atom is 0.236 e. The highest BCUT2D eigenvalue weighted by Crippen LogP contribution is 2.36. The van der Waals surface area contributed by atoms with Crippen molar-refractivity contribution in [2.45, 2.75) is 49.8 Å². The van der Waals surface area contributed by atoms with Crippen molar-refractivity contribution in [1.29, 1.82) is 0 Å². The second-order valence-electron chi connectivity index (χ2n) is 7.97. The van der Waals surface area contributed by atoms with Crippen LogP contribution in [0.5, 0.6) is 0 Å². The van der Waals surface area contributed by atoms with Crippen molar-refractivity contribution in [2.24, 2.45) is 0 Å². The van der Waals surface area contributed by atoms with Gasteiger partial charge in [-0.05, 0) is 52.0 Å². The summed E-state index contributed by atoms with van der Waals surface area (Å²) in [7, 11) is -3.85. The molecule has 1 aromatic heterocycles. The van der Waals surface area contributed by atoms with Crippen molar-refractivity contribution in [3.05, 3.63) is 59.7 Å². The third-order valence-electron chi connectivity index (χ3n) is 5.17. The molecule has 1 aliphatic heterocycles. The minimum Gasteiger partial charge on any atom is -0.419 e. The third kappa shape index (κ3) is 4.00. The molecule has 2 aromatic carbocycles. The lowest BCUT2D eigenvalue weighted by molar-refractivity contribution is -0.00657. The first-order chi connectivity index (χ1) is 14.2. The van der Waals surface area contributed by atoms with E-state index in [4.69, 9.17) is 9.15 Å². The van der Waals surface area contributed by atoms with E-state index in [1.165, 1.54) is 0 Å². The zero-order valence-electron chi connectivity index (χ0n) is 17.6. The van der Waals surface area contributed by atoms with E-state index in [0.717, 1.165) is 16.7 Å². The van der Waals surface area contributed by atoms with E-state index >= 15 is 0 Å². The number of ether oxygens (including phenoxy) is 1. The number of hydrogen-bond acceptors (Lipinski definition) is 6. The number of anilines is 1. The Morgan fingerprint density at radius 1 is 0.900 bits per heavy atom. The molecule has 0 spiro atoms. The minimum absolute atomic E-state index is 0.0448. The smallest absolute Gasteiger partial charge is 0.236 e. The fourth-order valence-corrected chi connectivity index (χ4v) is 4.99. The molecule has 7 heteroatoms. The van der Waals surface area contributed by atoms with Gasteiger partial charge in [-0.25, -0.2) is 8.42 Å². The molecule has 2 atom stereocenters. The molecule has 0 bridgehead atoms. The quantitative estimate of drug-likeness (QED) is 0.616. The summed E-state index contributed by atoms with van der Waals surface area (Å²) >= 11 is 0. The SMILES string of the molecule is Cc1ccc(-c2nc(S(=O)(=O)c3ccc(C)cc3)c(N3C[C@@H](C)O[C@H](C)C3)o2)cc1. The Morgan fingerprint density at radius 2 is 1.43 bits per heavy atom. The van der Waals surface area contributed by atoms with E-state index in [1.54, 1.807) is 24.3 Å². The Morgan fingerprint density at radius 3 is 2.00 bits per heavy atom. The van der Waals surface area contributed by atoms with Gasteiger partial charge in [-0.15, -0.1) is 0 Å². The summed E-state index contributed by atoms with van der Waals surface area (Å²) in [6, 6.07) is 14.5. The molecular weight excluding hydrogens is 400 g/mol. The Labute approximate surface area is 177 Å². The molecular formula is C23H26N2O4S. The molecule has 158 valence electrons. The van der Waals surface area contributed by atoms with Gasteiger partial charge in [-0.2, -0.15) is 4.98 Å². The molecule has 1 fully saturated rings. The number of aromatic nitrogens is 1. The van der Waals surface area contributed by atoms with Gasteiger partial charge in [0.05, 0.1) is 17.1 Å². The summed E-state index contributed by atoms with van der Waals surface area (Å²) in [6.07, 6.45) is -0.0896. The molecule has 0 radical (unpaired) electrons. The van der Waals surface area contributed by atoms with Gasteiger partial charge < -0.3 is 14.1 Å². The molecule has 0 amide bonds. The molecule has 3 aromatic rings. The van der Waals surface area contributed by atoms with Crippen molar-refractivity contribution in [3.63, 3.8) is 0 Å². The molecule has 0 saturated carbocycles. The largest absolute Gasteiger partial charge is 0.419 e. The van der Waals surface area contributed by atoms with Crippen molar-refractivity contribution in [2.75, 3.05) is 18.0 Å². The Kier molecular flexibility index (Phi) is 5.42. The van der Waals surface area contributed by atoms with Crippen LogP contribution in [-0.2, 0) is 14.6 Å². The van der Waals surface area contributed by atoms with Gasteiger partial charge in [0.1, 0.15) is 0 Å². The fraction of sp³-hybridized carbons (Fsp3) is 0.348. The van der Waals surface area contributed by atoms with Crippen LogP contribution in [0.15, 0.2) is 62.9 Å². The van der Waals surface area contributed by atoms with Crippen LogP contribution in [0, 0.1) is 13.8 Å². The number of oxazole rings is 1. The summed E-state index contributed by atoms with van der Waals surface area (Å²) in [5, 5.41) is -0.0526. The predicted octanol–water partition coefficient (Wildman–Crippen LogP) is 4.40. The Hall–Kier alpha value is -2.64. The van der Waals surface area contributed by atoms with E-state index < -0.39 is 9.84 Å². The van der Waals surface area contributed by atoms with Gasteiger partial charge in [-0.1, -0.05) is 35.4 Å². The monoisotopic (exact) mass is 426 g/mol. The molecule has 1 aliphatic rings. The number of benzene rings is 2. The number of nitrogens with zero attached hydrogens (tertiary/aromatic N) is 2. The van der Waals surface area contributed by atoms with Crippen LogP contribution in [0.2, 0.25) is 0 Å². The Bertz CT molecular complexity index is 1120. The molecule has 30 heavy (non-hydrogen) atoms. The molecule has 0 aliphatic carbocycles. The van der Waals surface area contributed by atoms with Crippen LogP contribution in [0.3, 0.4) is 0 Å². The van der Waals surface area contributed by atoms with Crippen molar-refractivity contribution < 1.29 is 17.6 Å². The van der Waals surface area contributed by atoms with Gasteiger partial charge in [0.15, 0.2) is 0 Å². The molecule has 0 unspecified atom stereocenters. The summed E-state index contributed by atoms with van der Waals surface area (Å²) < 4.78 is 38.9. The van der Waals surface area contributed by atoms with Crippen LogP contribution < -0.4 is 4.90 Å². The van der Waals surface area contributed by atoms with E-state index in [0.29, 0.717) is 19.0 Å². The first-order valence-electron chi connectivity index (χ1n) is 10.0. The van der Waals surface area contributed by atoms with E-state index in [9.17, 15) is 8.42 Å². The maximum absolute atomic E-state index is 13.5. The lowest BCUT2D eigenvalue weighted by Gasteiger charge is -2.35. The lowest BCUT2D eigenvalue weighted by Crippen LogP contribution is -2.45. The van der Waals surface area contributed by atoms with Crippen molar-refractivity contribution in [1.82, 2.24) is 4.98 Å². The molecule has 0 N–H and O–H groups in total. The van der Waals surface area contributed by atoms with Gasteiger partial charge >= 0.3 is 0 Å². The molecule has 2 heterocycles. The van der Waals surface area contributed by atoms with Crippen LogP contribution >= 0.6 is 0 Å².